The molecule has 0 bridgehead atoms. The van der Waals surface area contributed by atoms with Gasteiger partial charge in [0, 0.05) is 38.9 Å². The normalized spacial score (nSPS) is 18.3. The first kappa shape index (κ1) is 21.0. The van der Waals surface area contributed by atoms with Crippen molar-refractivity contribution in [2.24, 2.45) is 13.0 Å². The highest BCUT2D eigenvalue weighted by Gasteiger charge is 2.40. The Morgan fingerprint density at radius 1 is 1.29 bits per heavy atom. The molecule has 28 heavy (non-hydrogen) atoms. The number of aromatic nitrogens is 2. The van der Waals surface area contributed by atoms with Gasteiger partial charge in [0.2, 0.25) is 0 Å². The molecule has 2 aromatic rings. The van der Waals surface area contributed by atoms with Gasteiger partial charge in [0.1, 0.15) is 11.4 Å². The van der Waals surface area contributed by atoms with E-state index in [-0.39, 0.29) is 23.4 Å². The molecule has 154 valence electrons. The second-order valence-corrected chi connectivity index (χ2v) is 9.42. The lowest BCUT2D eigenvalue weighted by molar-refractivity contribution is -0.0664. The molecule has 0 aliphatic carbocycles. The molecule has 0 spiro atoms. The van der Waals surface area contributed by atoms with Crippen molar-refractivity contribution in [3.05, 3.63) is 47.9 Å². The van der Waals surface area contributed by atoms with Crippen molar-refractivity contribution >= 4 is 10.0 Å². The average Bonchev–Trinajstić information content (AvgIpc) is 3.10. The molecule has 1 atom stereocenters. The average molecular weight is 408 g/mol. The summed E-state index contributed by atoms with van der Waals surface area (Å²) in [6.07, 6.45) is 2.86. The molecule has 1 aliphatic rings. The predicted octanol–water partition coefficient (Wildman–Crippen LogP) is 2.14. The third-order valence-electron chi connectivity index (χ3n) is 5.38. The van der Waals surface area contributed by atoms with Gasteiger partial charge in [-0.15, -0.1) is 0 Å². The second kappa shape index (κ2) is 8.32. The summed E-state index contributed by atoms with van der Waals surface area (Å²) in [5.41, 5.74) is -0.609. The van der Waals surface area contributed by atoms with E-state index < -0.39 is 15.6 Å². The summed E-state index contributed by atoms with van der Waals surface area (Å²) in [6, 6.07) is 9.24. The number of nitrogens with zero attached hydrogens (tertiary/aromatic N) is 2. The monoisotopic (exact) mass is 407 g/mol. The number of benzene rings is 1. The minimum absolute atomic E-state index is 0.0268. The molecule has 0 amide bonds. The third kappa shape index (κ3) is 4.30. The topological polar surface area (TPSA) is 93.5 Å². The van der Waals surface area contributed by atoms with Gasteiger partial charge in [-0.2, -0.15) is 0 Å². The van der Waals surface area contributed by atoms with Crippen molar-refractivity contribution in [3.8, 4) is 0 Å². The fraction of sp³-hybridized carbons (Fsp3) is 0.550. The van der Waals surface area contributed by atoms with Crippen LogP contribution < -0.4 is 4.72 Å². The molecule has 2 heterocycles. The summed E-state index contributed by atoms with van der Waals surface area (Å²) in [7, 11) is -2.07. The van der Waals surface area contributed by atoms with Crippen LogP contribution in [0.4, 0.5) is 0 Å². The number of aliphatic hydroxyl groups is 1. The van der Waals surface area contributed by atoms with Gasteiger partial charge in [0.25, 0.3) is 10.0 Å². The predicted molar refractivity (Wildman–Crippen MR) is 106 cm³/mol. The molecular weight excluding hydrogens is 378 g/mol. The Bertz CT molecular complexity index is 889. The van der Waals surface area contributed by atoms with Crippen LogP contribution in [0.5, 0.6) is 0 Å². The maximum absolute atomic E-state index is 12.9. The number of aryl methyl sites for hydroxylation is 1. The SMILES string of the molecule is CC(C)c1nc(S(=O)(=O)NC[C@@](O)(c2ccccc2)C2CCOCC2)cn1C. The van der Waals surface area contributed by atoms with Crippen LogP contribution in [0.15, 0.2) is 41.6 Å². The van der Waals surface area contributed by atoms with Crippen LogP contribution in [-0.4, -0.2) is 42.8 Å². The fourth-order valence-corrected chi connectivity index (χ4v) is 4.85. The van der Waals surface area contributed by atoms with Gasteiger partial charge in [-0.3, -0.25) is 0 Å². The summed E-state index contributed by atoms with van der Waals surface area (Å²) in [5.74, 6) is 0.710. The molecule has 7 nitrogen and oxygen atoms in total. The van der Waals surface area contributed by atoms with Gasteiger partial charge in [0.05, 0.1) is 0 Å². The molecular formula is C20H29N3O4S. The van der Waals surface area contributed by atoms with Gasteiger partial charge in [-0.25, -0.2) is 18.1 Å². The molecule has 3 rings (SSSR count). The molecule has 1 fully saturated rings. The minimum Gasteiger partial charge on any atom is -0.383 e. The van der Waals surface area contributed by atoms with Gasteiger partial charge in [0.15, 0.2) is 5.03 Å². The lowest BCUT2D eigenvalue weighted by Gasteiger charge is -2.39. The van der Waals surface area contributed by atoms with E-state index in [0.29, 0.717) is 37.4 Å². The van der Waals surface area contributed by atoms with Crippen molar-refractivity contribution in [3.63, 3.8) is 0 Å². The van der Waals surface area contributed by atoms with Crippen LogP contribution in [-0.2, 0) is 27.4 Å². The highest BCUT2D eigenvalue weighted by molar-refractivity contribution is 7.89. The number of hydrogen-bond acceptors (Lipinski definition) is 5. The quantitative estimate of drug-likeness (QED) is 0.733. The minimum atomic E-state index is -3.85. The zero-order valence-corrected chi connectivity index (χ0v) is 17.4. The lowest BCUT2D eigenvalue weighted by Crippen LogP contribution is -2.47. The Labute approximate surface area is 166 Å². The molecule has 1 aromatic carbocycles. The van der Waals surface area contributed by atoms with Crippen molar-refractivity contribution in [2.45, 2.75) is 43.2 Å². The van der Waals surface area contributed by atoms with Crippen LogP contribution in [0.25, 0.3) is 0 Å². The zero-order valence-electron chi connectivity index (χ0n) is 16.6. The number of sulfonamides is 1. The van der Waals surface area contributed by atoms with Crippen LogP contribution in [0.1, 0.15) is 44.0 Å². The van der Waals surface area contributed by atoms with Crippen LogP contribution in [0.2, 0.25) is 0 Å². The van der Waals surface area contributed by atoms with Crippen molar-refractivity contribution in [1.82, 2.24) is 14.3 Å². The maximum atomic E-state index is 12.9. The van der Waals surface area contributed by atoms with Gasteiger partial charge < -0.3 is 14.4 Å². The van der Waals surface area contributed by atoms with Crippen molar-refractivity contribution in [2.75, 3.05) is 19.8 Å². The molecule has 0 unspecified atom stereocenters. The van der Waals surface area contributed by atoms with Gasteiger partial charge >= 0.3 is 0 Å². The summed E-state index contributed by atoms with van der Waals surface area (Å²) in [6.45, 7) is 4.93. The van der Waals surface area contributed by atoms with E-state index in [1.54, 1.807) is 11.6 Å². The molecule has 8 heteroatoms. The van der Waals surface area contributed by atoms with Gasteiger partial charge in [-0.05, 0) is 24.3 Å². The zero-order chi connectivity index (χ0) is 20.4. The van der Waals surface area contributed by atoms with E-state index in [4.69, 9.17) is 4.74 Å². The number of rotatable bonds is 7. The Morgan fingerprint density at radius 3 is 2.50 bits per heavy atom. The Hall–Kier alpha value is -1.74. The Morgan fingerprint density at radius 2 is 1.93 bits per heavy atom. The number of nitrogens with one attached hydrogen (secondary N) is 1. The molecule has 0 radical (unpaired) electrons. The first-order valence-corrected chi connectivity index (χ1v) is 11.1. The van der Waals surface area contributed by atoms with Crippen LogP contribution in [0.3, 0.4) is 0 Å². The van der Waals surface area contributed by atoms with Gasteiger partial charge in [-0.1, -0.05) is 44.2 Å². The molecule has 1 aromatic heterocycles. The van der Waals surface area contributed by atoms with Crippen LogP contribution in [0, 0.1) is 5.92 Å². The number of ether oxygens (including phenoxy) is 1. The van der Waals surface area contributed by atoms with E-state index in [1.165, 1.54) is 6.20 Å². The molecule has 1 aliphatic heterocycles. The third-order valence-corrected chi connectivity index (χ3v) is 6.66. The van der Waals surface area contributed by atoms with E-state index >= 15 is 0 Å². The summed E-state index contributed by atoms with van der Waals surface area (Å²) < 4.78 is 35.5. The Kier molecular flexibility index (Phi) is 6.24. The van der Waals surface area contributed by atoms with E-state index in [2.05, 4.69) is 9.71 Å². The first-order valence-electron chi connectivity index (χ1n) is 9.62. The molecule has 1 saturated heterocycles. The Balaban J connectivity index is 1.86. The summed E-state index contributed by atoms with van der Waals surface area (Å²) in [5, 5.41) is 11.5. The lowest BCUT2D eigenvalue weighted by atomic mass is 9.77. The van der Waals surface area contributed by atoms with E-state index in [1.807, 2.05) is 44.2 Å². The first-order chi connectivity index (χ1) is 13.2. The highest BCUT2D eigenvalue weighted by Crippen LogP contribution is 2.36. The standard InChI is InChI=1S/C20H29N3O4S/c1-15(2)19-22-18(13-23(19)3)28(25,26)21-14-20(24,16-7-5-4-6-8-16)17-9-11-27-12-10-17/h4-8,13,15,17,21,24H,9-12,14H2,1-3H3/t20-/m1/s1. The van der Waals surface area contributed by atoms with E-state index in [0.717, 1.165) is 0 Å². The van der Waals surface area contributed by atoms with Crippen LogP contribution >= 0.6 is 0 Å². The number of imidazole rings is 1. The van der Waals surface area contributed by atoms with E-state index in [9.17, 15) is 13.5 Å². The second-order valence-electron chi connectivity index (χ2n) is 7.70. The summed E-state index contributed by atoms with van der Waals surface area (Å²) >= 11 is 0. The highest BCUT2D eigenvalue weighted by atomic mass is 32.2. The number of hydrogen-bond donors (Lipinski definition) is 2. The summed E-state index contributed by atoms with van der Waals surface area (Å²) in [4.78, 5) is 4.28. The smallest absolute Gasteiger partial charge is 0.259 e. The molecule has 2 N–H and O–H groups in total. The maximum Gasteiger partial charge on any atom is 0.259 e. The fourth-order valence-electron chi connectivity index (χ4n) is 3.78. The largest absolute Gasteiger partial charge is 0.383 e. The molecule has 0 saturated carbocycles. The van der Waals surface area contributed by atoms with Crippen molar-refractivity contribution < 1.29 is 18.3 Å². The van der Waals surface area contributed by atoms with Crippen molar-refractivity contribution in [1.29, 1.82) is 0 Å².